The maximum atomic E-state index is 11.0. The molecule has 1 N–H and O–H groups in total. The zero-order valence-electron chi connectivity index (χ0n) is 11.8. The molecule has 0 aliphatic heterocycles. The van der Waals surface area contributed by atoms with E-state index in [0.29, 0.717) is 0 Å². The summed E-state index contributed by atoms with van der Waals surface area (Å²) in [5, 5.41) is 9.01. The second-order valence-corrected chi connectivity index (χ2v) is 6.34. The Labute approximate surface area is 119 Å². The van der Waals surface area contributed by atoms with Crippen molar-refractivity contribution in [1.82, 2.24) is 0 Å². The van der Waals surface area contributed by atoms with Crippen LogP contribution in [-0.2, 0) is 4.79 Å². The lowest BCUT2D eigenvalue weighted by Crippen LogP contribution is -2.23. The lowest BCUT2D eigenvalue weighted by molar-refractivity contribution is -0.147. The molecule has 0 saturated heterocycles. The van der Waals surface area contributed by atoms with Crippen molar-refractivity contribution in [2.45, 2.75) is 38.0 Å². The molecule has 0 radical (unpaired) electrons. The average molecular weight is 282 g/mol. The topological polar surface area (TPSA) is 46.5 Å². The van der Waals surface area contributed by atoms with E-state index >= 15 is 0 Å². The summed E-state index contributed by atoms with van der Waals surface area (Å²) in [6.45, 7) is 3.56. The van der Waals surface area contributed by atoms with Crippen LogP contribution in [0, 0.1) is 5.41 Å². The van der Waals surface area contributed by atoms with Crippen LogP contribution in [0.15, 0.2) is 29.2 Å². The second-order valence-electron chi connectivity index (χ2n) is 5.17. The minimum Gasteiger partial charge on any atom is -0.497 e. The Morgan fingerprint density at radius 3 is 2.74 bits per heavy atom. The van der Waals surface area contributed by atoms with Crippen molar-refractivity contribution in [2.24, 2.45) is 5.41 Å². The molecule has 0 bridgehead atoms. The summed E-state index contributed by atoms with van der Waals surface area (Å²) in [5.41, 5.74) is -0.610. The molecule has 4 heteroatoms. The van der Waals surface area contributed by atoms with Crippen molar-refractivity contribution in [1.29, 1.82) is 0 Å². The monoisotopic (exact) mass is 282 g/mol. The van der Waals surface area contributed by atoms with E-state index in [2.05, 4.69) is 6.07 Å². The molecule has 0 atom stereocenters. The maximum absolute atomic E-state index is 11.0. The maximum Gasteiger partial charge on any atom is 0.309 e. The van der Waals surface area contributed by atoms with Gasteiger partial charge in [-0.15, -0.1) is 11.8 Å². The fourth-order valence-corrected chi connectivity index (χ4v) is 2.62. The van der Waals surface area contributed by atoms with Gasteiger partial charge < -0.3 is 9.84 Å². The first-order valence-electron chi connectivity index (χ1n) is 6.46. The van der Waals surface area contributed by atoms with E-state index in [9.17, 15) is 4.79 Å². The van der Waals surface area contributed by atoms with Crippen LogP contribution in [0.5, 0.6) is 5.75 Å². The van der Waals surface area contributed by atoms with Gasteiger partial charge in [-0.25, -0.2) is 0 Å². The summed E-state index contributed by atoms with van der Waals surface area (Å²) in [4.78, 5) is 12.1. The third-order valence-corrected chi connectivity index (χ3v) is 4.17. The van der Waals surface area contributed by atoms with Crippen LogP contribution in [0.3, 0.4) is 0 Å². The Kier molecular flexibility index (Phi) is 6.22. The number of carboxylic acid groups (broad SMARTS) is 1. The Morgan fingerprint density at radius 2 is 2.11 bits per heavy atom. The predicted molar refractivity (Wildman–Crippen MR) is 79.0 cm³/mol. The molecule has 106 valence electrons. The van der Waals surface area contributed by atoms with Crippen molar-refractivity contribution < 1.29 is 14.6 Å². The third kappa shape index (κ3) is 5.55. The molecule has 0 heterocycles. The quantitative estimate of drug-likeness (QED) is 0.577. The standard InChI is InChI=1S/C15H22O3S/c1-15(2,14(16)17)9-4-5-10-19-13-8-6-7-12(11-13)18-3/h6-8,11H,4-5,9-10H2,1-3H3,(H,16,17). The van der Waals surface area contributed by atoms with Gasteiger partial charge in [0.2, 0.25) is 0 Å². The smallest absolute Gasteiger partial charge is 0.309 e. The van der Waals surface area contributed by atoms with Gasteiger partial charge in [-0.3, -0.25) is 4.79 Å². The lowest BCUT2D eigenvalue weighted by atomic mass is 9.88. The minimum atomic E-state index is -0.715. The Balaban J connectivity index is 2.26. The Morgan fingerprint density at radius 1 is 1.37 bits per heavy atom. The highest BCUT2D eigenvalue weighted by Gasteiger charge is 2.25. The highest BCUT2D eigenvalue weighted by Crippen LogP contribution is 2.26. The van der Waals surface area contributed by atoms with Gasteiger partial charge in [0.05, 0.1) is 12.5 Å². The zero-order valence-corrected chi connectivity index (χ0v) is 12.6. The molecule has 1 rings (SSSR count). The molecule has 3 nitrogen and oxygen atoms in total. The summed E-state index contributed by atoms with van der Waals surface area (Å²) in [5.74, 6) is 1.16. The number of hydrogen-bond donors (Lipinski definition) is 1. The summed E-state index contributed by atoms with van der Waals surface area (Å²) < 4.78 is 5.17. The summed E-state index contributed by atoms with van der Waals surface area (Å²) >= 11 is 1.78. The first-order chi connectivity index (χ1) is 8.95. The van der Waals surface area contributed by atoms with E-state index in [1.807, 2.05) is 18.2 Å². The third-order valence-electron chi connectivity index (χ3n) is 3.09. The zero-order chi connectivity index (χ0) is 14.3. The van der Waals surface area contributed by atoms with E-state index in [4.69, 9.17) is 9.84 Å². The highest BCUT2D eigenvalue weighted by molar-refractivity contribution is 7.99. The molecule has 0 spiro atoms. The number of thioether (sulfide) groups is 1. The predicted octanol–water partition coefficient (Wildman–Crippen LogP) is 4.07. The van der Waals surface area contributed by atoms with Crippen molar-refractivity contribution in [3.8, 4) is 5.75 Å². The van der Waals surface area contributed by atoms with Crippen LogP contribution in [0.2, 0.25) is 0 Å². The van der Waals surface area contributed by atoms with E-state index in [-0.39, 0.29) is 0 Å². The van der Waals surface area contributed by atoms with Gasteiger partial charge in [0.15, 0.2) is 0 Å². The number of rotatable bonds is 8. The molecular formula is C15H22O3S. The van der Waals surface area contributed by atoms with Crippen LogP contribution in [0.1, 0.15) is 33.1 Å². The lowest BCUT2D eigenvalue weighted by Gasteiger charge is -2.18. The highest BCUT2D eigenvalue weighted by atomic mass is 32.2. The molecule has 0 unspecified atom stereocenters. The van der Waals surface area contributed by atoms with Gasteiger partial charge in [0, 0.05) is 4.90 Å². The number of methoxy groups -OCH3 is 1. The Bertz CT molecular complexity index is 416. The number of unbranched alkanes of at least 4 members (excludes halogenated alkanes) is 1. The molecule has 1 aromatic carbocycles. The fraction of sp³-hybridized carbons (Fsp3) is 0.533. The molecule has 0 aliphatic rings. The number of carboxylic acids is 1. The Hall–Kier alpha value is -1.16. The second kappa shape index (κ2) is 7.43. The molecular weight excluding hydrogens is 260 g/mol. The molecule has 0 saturated carbocycles. The normalized spacial score (nSPS) is 11.3. The van der Waals surface area contributed by atoms with Gasteiger partial charge in [0.25, 0.3) is 0 Å². The van der Waals surface area contributed by atoms with Crippen LogP contribution in [0.25, 0.3) is 0 Å². The van der Waals surface area contributed by atoms with Gasteiger partial charge in [0.1, 0.15) is 5.75 Å². The average Bonchev–Trinajstić information content (AvgIpc) is 2.38. The van der Waals surface area contributed by atoms with E-state index in [1.54, 1.807) is 32.7 Å². The van der Waals surface area contributed by atoms with E-state index in [0.717, 1.165) is 30.8 Å². The first kappa shape index (κ1) is 15.9. The van der Waals surface area contributed by atoms with Gasteiger partial charge in [-0.1, -0.05) is 12.5 Å². The van der Waals surface area contributed by atoms with Crippen molar-refractivity contribution >= 4 is 17.7 Å². The number of benzene rings is 1. The number of aliphatic carboxylic acids is 1. The van der Waals surface area contributed by atoms with Crippen LogP contribution in [-0.4, -0.2) is 23.9 Å². The fourth-order valence-electron chi connectivity index (χ4n) is 1.66. The number of ether oxygens (including phenoxy) is 1. The van der Waals surface area contributed by atoms with Crippen LogP contribution >= 0.6 is 11.8 Å². The SMILES string of the molecule is COc1cccc(SCCCCC(C)(C)C(=O)O)c1. The summed E-state index contributed by atoms with van der Waals surface area (Å²) in [7, 11) is 1.66. The van der Waals surface area contributed by atoms with E-state index in [1.165, 1.54) is 4.90 Å². The molecule has 0 aromatic heterocycles. The summed E-state index contributed by atoms with van der Waals surface area (Å²) in [6, 6.07) is 7.99. The van der Waals surface area contributed by atoms with Crippen molar-refractivity contribution in [3.05, 3.63) is 24.3 Å². The van der Waals surface area contributed by atoms with E-state index < -0.39 is 11.4 Å². The number of hydrogen-bond acceptors (Lipinski definition) is 3. The molecule has 0 fully saturated rings. The first-order valence-corrected chi connectivity index (χ1v) is 7.44. The van der Waals surface area contributed by atoms with Crippen LogP contribution < -0.4 is 4.74 Å². The molecule has 0 amide bonds. The molecule has 0 aliphatic carbocycles. The number of carbonyl (C=O) groups is 1. The van der Waals surface area contributed by atoms with Crippen molar-refractivity contribution in [2.75, 3.05) is 12.9 Å². The van der Waals surface area contributed by atoms with Crippen molar-refractivity contribution in [3.63, 3.8) is 0 Å². The molecule has 19 heavy (non-hydrogen) atoms. The van der Waals surface area contributed by atoms with Crippen LogP contribution in [0.4, 0.5) is 0 Å². The molecule has 1 aromatic rings. The summed E-state index contributed by atoms with van der Waals surface area (Å²) in [6.07, 6.45) is 2.69. The minimum absolute atomic E-state index is 0.610. The van der Waals surface area contributed by atoms with Gasteiger partial charge in [-0.2, -0.15) is 0 Å². The van der Waals surface area contributed by atoms with Gasteiger partial charge in [-0.05, 0) is 50.6 Å². The largest absolute Gasteiger partial charge is 0.497 e. The van der Waals surface area contributed by atoms with Gasteiger partial charge >= 0.3 is 5.97 Å².